The van der Waals surface area contributed by atoms with Crippen molar-refractivity contribution in [3.05, 3.63) is 58.5 Å². The first-order valence-corrected chi connectivity index (χ1v) is 15.1. The number of fused-ring (bicyclic) bond motifs is 2. The van der Waals surface area contributed by atoms with Gasteiger partial charge in [-0.25, -0.2) is 4.79 Å². The van der Waals surface area contributed by atoms with E-state index in [4.69, 9.17) is 19.9 Å². The highest BCUT2D eigenvalue weighted by Crippen LogP contribution is 2.28. The number of carbonyl (C=O) groups is 4. The molecule has 0 aromatic carbocycles. The summed E-state index contributed by atoms with van der Waals surface area (Å²) in [5, 5.41) is 16.9. The van der Waals surface area contributed by atoms with Gasteiger partial charge in [0.15, 0.2) is 6.10 Å². The molecule has 5 N–H and O–H groups in total. The average Bonchev–Trinajstić information content (AvgIpc) is 2.96. The standard InChI is InChI=1S/C33H50N4O8/c1-19-14-23(43-7)17-26(38)21(3)16-22(4)31(45-33(34)42)28(44-8)11-9-10-20(2)32(41)36-25-18-27(39)29(24(15-19)30(25)40)35-12-13-37(5)6/h9-11,16,18-19,21,23,26,28,31,35,38H,12-15,17H2,1-8H3,(H2,34,42)(H,36,41)/b11-9-,20-10+,22-16+/t19-,21-,23-,26-,28-,31-/m0/s1. The van der Waals surface area contributed by atoms with Crippen molar-refractivity contribution in [3.8, 4) is 0 Å². The molecule has 12 nitrogen and oxygen atoms in total. The summed E-state index contributed by atoms with van der Waals surface area (Å²) < 4.78 is 16.7. The Hall–Kier alpha value is -3.58. The maximum Gasteiger partial charge on any atom is 0.405 e. The van der Waals surface area contributed by atoms with E-state index in [0.29, 0.717) is 37.1 Å². The Labute approximate surface area is 266 Å². The van der Waals surface area contributed by atoms with Crippen LogP contribution in [0.2, 0.25) is 0 Å². The number of nitrogens with one attached hydrogen (secondary N) is 2. The second kappa shape index (κ2) is 17.8. The number of primary amides is 1. The van der Waals surface area contributed by atoms with Crippen molar-refractivity contribution < 1.29 is 38.5 Å². The van der Waals surface area contributed by atoms with Crippen molar-refractivity contribution in [3.63, 3.8) is 0 Å². The second-order valence-electron chi connectivity index (χ2n) is 12.1. The molecule has 250 valence electrons. The number of Topliss-reactive ketones (excluding diaryl/α,β-unsaturated/α-hetero) is 1. The van der Waals surface area contributed by atoms with Crippen molar-refractivity contribution in [2.45, 2.75) is 71.4 Å². The van der Waals surface area contributed by atoms with Gasteiger partial charge < -0.3 is 40.6 Å². The van der Waals surface area contributed by atoms with E-state index in [-0.39, 0.29) is 41.3 Å². The average molecular weight is 631 g/mol. The number of likely N-dealkylation sites (N-methyl/N-ethyl adjacent to an activating group) is 1. The maximum atomic E-state index is 13.7. The number of rotatable bonds is 7. The van der Waals surface area contributed by atoms with E-state index in [1.807, 2.05) is 32.8 Å². The molecule has 0 fully saturated rings. The summed E-state index contributed by atoms with van der Waals surface area (Å²) in [6.07, 6.45) is 4.88. The Morgan fingerprint density at radius 2 is 1.82 bits per heavy atom. The van der Waals surface area contributed by atoms with E-state index >= 15 is 0 Å². The van der Waals surface area contributed by atoms with Crippen LogP contribution < -0.4 is 16.4 Å². The van der Waals surface area contributed by atoms with E-state index in [9.17, 15) is 24.3 Å². The zero-order chi connectivity index (χ0) is 33.8. The second-order valence-corrected chi connectivity index (χ2v) is 12.1. The fourth-order valence-electron chi connectivity index (χ4n) is 5.31. The van der Waals surface area contributed by atoms with Crippen LogP contribution in [-0.4, -0.2) is 99.4 Å². The Morgan fingerprint density at radius 1 is 1.13 bits per heavy atom. The van der Waals surface area contributed by atoms with Gasteiger partial charge in [0.1, 0.15) is 6.10 Å². The Balaban J connectivity index is 2.57. The highest BCUT2D eigenvalue weighted by atomic mass is 16.6. The molecule has 1 heterocycles. The number of nitrogens with two attached hydrogens (primary N) is 1. The van der Waals surface area contributed by atoms with Crippen molar-refractivity contribution in [2.24, 2.45) is 17.6 Å². The molecule has 45 heavy (non-hydrogen) atoms. The molecule has 0 unspecified atom stereocenters. The molecule has 2 aliphatic rings. The maximum absolute atomic E-state index is 13.7. The highest BCUT2D eigenvalue weighted by Gasteiger charge is 2.32. The molecule has 0 saturated carbocycles. The molecule has 2 rings (SSSR count). The van der Waals surface area contributed by atoms with Crippen LogP contribution in [0.15, 0.2) is 58.5 Å². The predicted molar refractivity (Wildman–Crippen MR) is 171 cm³/mol. The summed E-state index contributed by atoms with van der Waals surface area (Å²) in [5.41, 5.74) is 6.65. The van der Waals surface area contributed by atoms with Gasteiger partial charge in [0, 0.05) is 56.9 Å². The molecular formula is C33H50N4O8. The number of methoxy groups -OCH3 is 2. The van der Waals surface area contributed by atoms with Gasteiger partial charge in [0.25, 0.3) is 5.91 Å². The van der Waals surface area contributed by atoms with E-state index in [1.54, 1.807) is 39.2 Å². The minimum atomic E-state index is -0.991. The summed E-state index contributed by atoms with van der Waals surface area (Å²) in [6.45, 7) is 8.22. The molecular weight excluding hydrogens is 580 g/mol. The number of aliphatic hydroxyl groups is 1. The smallest absolute Gasteiger partial charge is 0.405 e. The van der Waals surface area contributed by atoms with E-state index < -0.39 is 41.9 Å². The van der Waals surface area contributed by atoms with Gasteiger partial charge in [0.2, 0.25) is 11.6 Å². The van der Waals surface area contributed by atoms with Crippen LogP contribution >= 0.6 is 0 Å². The van der Waals surface area contributed by atoms with E-state index in [1.165, 1.54) is 13.2 Å². The Kier molecular flexibility index (Phi) is 14.9. The first kappa shape index (κ1) is 37.6. The van der Waals surface area contributed by atoms with Gasteiger partial charge in [-0.05, 0) is 52.3 Å². The van der Waals surface area contributed by atoms with Gasteiger partial charge in [-0.2, -0.15) is 0 Å². The van der Waals surface area contributed by atoms with Crippen molar-refractivity contribution in [1.29, 1.82) is 0 Å². The number of carbonyl (C=O) groups excluding carboxylic acids is 4. The number of hydrogen-bond acceptors (Lipinski definition) is 10. The first-order valence-electron chi connectivity index (χ1n) is 15.1. The quantitative estimate of drug-likeness (QED) is 0.242. The fourth-order valence-corrected chi connectivity index (χ4v) is 5.31. The largest absolute Gasteiger partial charge is 0.439 e. The molecule has 1 aliphatic carbocycles. The van der Waals surface area contributed by atoms with Crippen LogP contribution in [0.25, 0.3) is 0 Å². The third-order valence-electron chi connectivity index (χ3n) is 7.91. The molecule has 0 aromatic rings. The Bertz CT molecular complexity index is 1250. The third-order valence-corrected chi connectivity index (χ3v) is 7.91. The summed E-state index contributed by atoms with van der Waals surface area (Å²) >= 11 is 0. The van der Waals surface area contributed by atoms with Crippen molar-refractivity contribution in [1.82, 2.24) is 15.5 Å². The van der Waals surface area contributed by atoms with Crippen LogP contribution in [0.4, 0.5) is 4.79 Å². The zero-order valence-electron chi connectivity index (χ0n) is 27.7. The molecule has 12 heteroatoms. The van der Waals surface area contributed by atoms with Crippen molar-refractivity contribution >= 4 is 23.6 Å². The molecule has 1 aliphatic heterocycles. The third kappa shape index (κ3) is 11.4. The highest BCUT2D eigenvalue weighted by molar-refractivity contribution is 6.23. The minimum Gasteiger partial charge on any atom is -0.439 e. The minimum absolute atomic E-state index is 0.102. The van der Waals surface area contributed by atoms with Crippen molar-refractivity contribution in [2.75, 3.05) is 41.4 Å². The number of nitrogens with zero attached hydrogens (tertiary/aromatic N) is 1. The SMILES string of the molecule is CO[C@H]1C[C@H](C)CC2=C(NCCN(C)C)C(=O)C=C(NC(=O)/C(C)=C/C=C\[C@H](OC)[C@@H](OC(N)=O)/C(C)=C/[C@H](C)[C@@H](O)C1)C2=O. The number of aliphatic hydroxyl groups excluding tert-OH is 1. The number of hydrogen-bond donors (Lipinski definition) is 4. The van der Waals surface area contributed by atoms with Gasteiger partial charge >= 0.3 is 6.09 Å². The lowest BCUT2D eigenvalue weighted by Gasteiger charge is -2.28. The van der Waals surface area contributed by atoms with Crippen LogP contribution in [0.3, 0.4) is 0 Å². The van der Waals surface area contributed by atoms with Crippen LogP contribution in [0, 0.1) is 11.8 Å². The molecule has 0 saturated heterocycles. The lowest BCUT2D eigenvalue weighted by molar-refractivity contribution is -0.120. The first-order chi connectivity index (χ1) is 21.2. The summed E-state index contributed by atoms with van der Waals surface area (Å²) in [4.78, 5) is 53.8. The molecule has 0 aromatic heterocycles. The lowest BCUT2D eigenvalue weighted by atomic mass is 9.86. The number of allylic oxidation sites excluding steroid dienone is 4. The van der Waals surface area contributed by atoms with Gasteiger partial charge in [-0.15, -0.1) is 0 Å². The molecule has 0 spiro atoms. The topological polar surface area (TPSA) is 170 Å². The van der Waals surface area contributed by atoms with E-state index in [0.717, 1.165) is 6.08 Å². The normalized spacial score (nSPS) is 30.8. The fraction of sp³-hybridized carbons (Fsp3) is 0.576. The number of ether oxygens (including phenoxy) is 3. The Morgan fingerprint density at radius 3 is 2.42 bits per heavy atom. The monoisotopic (exact) mass is 630 g/mol. The summed E-state index contributed by atoms with van der Waals surface area (Å²) in [5.74, 6) is -1.86. The van der Waals surface area contributed by atoms with Crippen LogP contribution in [0.1, 0.15) is 47.0 Å². The lowest BCUT2D eigenvalue weighted by Crippen LogP contribution is -2.37. The summed E-state index contributed by atoms with van der Waals surface area (Å²) in [7, 11) is 6.83. The molecule has 2 amide bonds. The van der Waals surface area contributed by atoms with E-state index in [2.05, 4.69) is 10.6 Å². The predicted octanol–water partition coefficient (Wildman–Crippen LogP) is 2.30. The van der Waals surface area contributed by atoms with Gasteiger partial charge in [0.05, 0.1) is 23.6 Å². The molecule has 6 atom stereocenters. The summed E-state index contributed by atoms with van der Waals surface area (Å²) in [6, 6.07) is 0. The van der Waals surface area contributed by atoms with Gasteiger partial charge in [-0.1, -0.05) is 38.2 Å². The molecule has 0 radical (unpaired) electrons. The van der Waals surface area contributed by atoms with Gasteiger partial charge in [-0.3, -0.25) is 14.4 Å². The van der Waals surface area contributed by atoms with Crippen LogP contribution in [0.5, 0.6) is 0 Å². The number of amides is 2. The van der Waals surface area contributed by atoms with Crippen LogP contribution in [-0.2, 0) is 28.6 Å². The molecule has 2 bridgehead atoms. The zero-order valence-corrected chi connectivity index (χ0v) is 27.7. The number of ketones is 2.